The number of ether oxygens (including phenoxy) is 1. The van der Waals surface area contributed by atoms with E-state index in [0.717, 1.165) is 11.3 Å². The lowest BCUT2D eigenvalue weighted by molar-refractivity contribution is -0.128. The quantitative estimate of drug-likeness (QED) is 0.865. The number of halogens is 1. The number of benzene rings is 2. The molecule has 26 heavy (non-hydrogen) atoms. The molecule has 1 saturated heterocycles. The number of amides is 2. The van der Waals surface area contributed by atoms with Gasteiger partial charge in [-0.3, -0.25) is 9.59 Å². The average Bonchev–Trinajstić information content (AvgIpc) is 3.00. The van der Waals surface area contributed by atoms with E-state index >= 15 is 0 Å². The summed E-state index contributed by atoms with van der Waals surface area (Å²) in [6.45, 7) is 3.23. The minimum absolute atomic E-state index is 0.0684. The lowest BCUT2D eigenvalue weighted by atomic mass is 10.1. The lowest BCUT2D eigenvalue weighted by Crippen LogP contribution is -2.28. The molecule has 6 heteroatoms. The highest BCUT2D eigenvalue weighted by atomic mass is 19.1. The van der Waals surface area contributed by atoms with E-state index in [4.69, 9.17) is 4.74 Å². The number of nitrogens with zero attached hydrogens (tertiary/aromatic N) is 1. The van der Waals surface area contributed by atoms with Gasteiger partial charge in [-0.2, -0.15) is 0 Å². The Morgan fingerprint density at radius 3 is 2.54 bits per heavy atom. The van der Waals surface area contributed by atoms with Crippen molar-refractivity contribution in [1.82, 2.24) is 4.90 Å². The molecule has 1 atom stereocenters. The Bertz CT molecular complexity index is 775. The molecule has 136 valence electrons. The summed E-state index contributed by atoms with van der Waals surface area (Å²) in [5, 5.41) is 2.84. The Labute approximate surface area is 151 Å². The first-order chi connectivity index (χ1) is 12.5. The number of rotatable bonds is 6. The number of likely N-dealkylation sites (tertiary alicyclic amines) is 1. The molecule has 0 radical (unpaired) electrons. The summed E-state index contributed by atoms with van der Waals surface area (Å²) in [4.78, 5) is 26.3. The molecule has 1 heterocycles. The smallest absolute Gasteiger partial charge is 0.229 e. The second-order valence-corrected chi connectivity index (χ2v) is 6.25. The van der Waals surface area contributed by atoms with Crippen molar-refractivity contribution in [1.29, 1.82) is 0 Å². The van der Waals surface area contributed by atoms with E-state index in [1.807, 2.05) is 6.92 Å². The summed E-state index contributed by atoms with van der Waals surface area (Å²) in [5.41, 5.74) is 1.51. The van der Waals surface area contributed by atoms with E-state index in [9.17, 15) is 14.0 Å². The zero-order valence-electron chi connectivity index (χ0n) is 14.6. The maximum atomic E-state index is 13.0. The Morgan fingerprint density at radius 1 is 1.19 bits per heavy atom. The largest absolute Gasteiger partial charge is 0.494 e. The molecule has 0 aliphatic carbocycles. The van der Waals surface area contributed by atoms with Crippen molar-refractivity contribution < 1.29 is 18.7 Å². The fourth-order valence-corrected chi connectivity index (χ4v) is 2.96. The fraction of sp³-hybridized carbons (Fsp3) is 0.300. The summed E-state index contributed by atoms with van der Waals surface area (Å²) in [6.07, 6.45) is 0.185. The third-order valence-electron chi connectivity index (χ3n) is 4.30. The molecule has 3 rings (SSSR count). The topological polar surface area (TPSA) is 58.6 Å². The van der Waals surface area contributed by atoms with Crippen LogP contribution in [0.1, 0.15) is 18.9 Å². The van der Waals surface area contributed by atoms with Gasteiger partial charge in [0.15, 0.2) is 0 Å². The van der Waals surface area contributed by atoms with Crippen molar-refractivity contribution in [2.24, 2.45) is 5.92 Å². The maximum absolute atomic E-state index is 13.0. The van der Waals surface area contributed by atoms with E-state index < -0.39 is 5.92 Å². The predicted octanol–water partition coefficient (Wildman–Crippen LogP) is 3.21. The van der Waals surface area contributed by atoms with E-state index in [1.165, 1.54) is 12.1 Å². The van der Waals surface area contributed by atoms with Gasteiger partial charge in [0.25, 0.3) is 0 Å². The molecule has 0 unspecified atom stereocenters. The van der Waals surface area contributed by atoms with Crippen LogP contribution in [0.25, 0.3) is 0 Å². The van der Waals surface area contributed by atoms with Crippen molar-refractivity contribution in [3.05, 3.63) is 59.9 Å². The predicted molar refractivity (Wildman–Crippen MR) is 96.2 cm³/mol. The minimum Gasteiger partial charge on any atom is -0.494 e. The van der Waals surface area contributed by atoms with Crippen molar-refractivity contribution >= 4 is 17.5 Å². The van der Waals surface area contributed by atoms with E-state index in [2.05, 4.69) is 5.32 Å². The van der Waals surface area contributed by atoms with Gasteiger partial charge in [-0.05, 0) is 48.9 Å². The van der Waals surface area contributed by atoms with Crippen molar-refractivity contribution in [2.75, 3.05) is 18.5 Å². The molecular weight excluding hydrogens is 335 g/mol. The minimum atomic E-state index is -0.394. The second kappa shape index (κ2) is 7.99. The Kier molecular flexibility index (Phi) is 5.51. The summed E-state index contributed by atoms with van der Waals surface area (Å²) >= 11 is 0. The van der Waals surface area contributed by atoms with E-state index in [1.54, 1.807) is 41.3 Å². The highest BCUT2D eigenvalue weighted by Gasteiger charge is 2.34. The van der Waals surface area contributed by atoms with Crippen LogP contribution in [-0.4, -0.2) is 29.9 Å². The van der Waals surface area contributed by atoms with Crippen LogP contribution in [0.4, 0.5) is 10.1 Å². The first-order valence-electron chi connectivity index (χ1n) is 8.61. The van der Waals surface area contributed by atoms with Gasteiger partial charge in [-0.15, -0.1) is 0 Å². The van der Waals surface area contributed by atoms with Gasteiger partial charge < -0.3 is 15.0 Å². The Balaban J connectivity index is 1.57. The molecule has 0 aromatic heterocycles. The van der Waals surface area contributed by atoms with Gasteiger partial charge in [-0.25, -0.2) is 4.39 Å². The SMILES string of the molecule is CCOc1ccc(NC(=O)[C@@H]2CC(=O)N(Cc3ccc(F)cc3)C2)cc1. The lowest BCUT2D eigenvalue weighted by Gasteiger charge is -2.16. The molecule has 2 aromatic carbocycles. The van der Waals surface area contributed by atoms with Crippen LogP contribution < -0.4 is 10.1 Å². The molecule has 1 fully saturated rings. The third kappa shape index (κ3) is 4.39. The van der Waals surface area contributed by atoms with Crippen molar-refractivity contribution in [3.63, 3.8) is 0 Å². The van der Waals surface area contributed by atoms with Crippen LogP contribution in [0.3, 0.4) is 0 Å². The summed E-state index contributed by atoms with van der Waals surface area (Å²) in [7, 11) is 0. The number of anilines is 1. The molecular formula is C20H21FN2O3. The molecule has 1 aliphatic heterocycles. The van der Waals surface area contributed by atoms with Crippen LogP contribution in [0.2, 0.25) is 0 Å². The molecule has 0 saturated carbocycles. The molecule has 0 bridgehead atoms. The molecule has 1 aliphatic rings. The molecule has 2 amide bonds. The van der Waals surface area contributed by atoms with E-state index in [-0.39, 0.29) is 24.1 Å². The van der Waals surface area contributed by atoms with Crippen LogP contribution in [0.5, 0.6) is 5.75 Å². The average molecular weight is 356 g/mol. The number of hydrogen-bond acceptors (Lipinski definition) is 3. The monoisotopic (exact) mass is 356 g/mol. The van der Waals surface area contributed by atoms with Gasteiger partial charge >= 0.3 is 0 Å². The van der Waals surface area contributed by atoms with Crippen LogP contribution in [-0.2, 0) is 16.1 Å². The highest BCUT2D eigenvalue weighted by Crippen LogP contribution is 2.23. The second-order valence-electron chi connectivity index (χ2n) is 6.25. The Morgan fingerprint density at radius 2 is 1.88 bits per heavy atom. The first-order valence-corrected chi connectivity index (χ1v) is 8.61. The molecule has 1 N–H and O–H groups in total. The zero-order valence-corrected chi connectivity index (χ0v) is 14.6. The molecule has 0 spiro atoms. The number of carbonyl (C=O) groups is 2. The van der Waals surface area contributed by atoms with Gasteiger partial charge in [0.2, 0.25) is 11.8 Å². The van der Waals surface area contributed by atoms with Crippen LogP contribution in [0.15, 0.2) is 48.5 Å². The van der Waals surface area contributed by atoms with Crippen molar-refractivity contribution in [3.8, 4) is 5.75 Å². The number of nitrogens with one attached hydrogen (secondary N) is 1. The van der Waals surface area contributed by atoms with Crippen LogP contribution in [0, 0.1) is 11.7 Å². The standard InChI is InChI=1S/C20H21FN2O3/c1-2-26-18-9-7-17(8-10-18)22-20(25)15-11-19(24)23(13-15)12-14-3-5-16(21)6-4-14/h3-10,15H,2,11-13H2,1H3,(H,22,25)/t15-/m1/s1. The summed E-state index contributed by atoms with van der Waals surface area (Å²) < 4.78 is 18.3. The zero-order chi connectivity index (χ0) is 18.5. The fourth-order valence-electron chi connectivity index (χ4n) is 2.96. The van der Waals surface area contributed by atoms with Gasteiger partial charge in [0.05, 0.1) is 12.5 Å². The summed E-state index contributed by atoms with van der Waals surface area (Å²) in [5.74, 6) is -0.207. The molecule has 2 aromatic rings. The van der Waals surface area contributed by atoms with Gasteiger partial charge in [-0.1, -0.05) is 12.1 Å². The van der Waals surface area contributed by atoms with Gasteiger partial charge in [0.1, 0.15) is 11.6 Å². The molecule has 5 nitrogen and oxygen atoms in total. The number of carbonyl (C=O) groups excluding carboxylic acids is 2. The maximum Gasteiger partial charge on any atom is 0.229 e. The third-order valence-corrected chi connectivity index (χ3v) is 4.30. The van der Waals surface area contributed by atoms with Crippen LogP contribution >= 0.6 is 0 Å². The first kappa shape index (κ1) is 17.9. The highest BCUT2D eigenvalue weighted by molar-refractivity contribution is 5.97. The van der Waals surface area contributed by atoms with Gasteiger partial charge in [0, 0.05) is 25.2 Å². The summed E-state index contributed by atoms with van der Waals surface area (Å²) in [6, 6.07) is 13.2. The number of hydrogen-bond donors (Lipinski definition) is 1. The van der Waals surface area contributed by atoms with E-state index in [0.29, 0.717) is 25.4 Å². The normalized spacial score (nSPS) is 16.6. The Hall–Kier alpha value is -2.89. The van der Waals surface area contributed by atoms with Crippen molar-refractivity contribution in [2.45, 2.75) is 19.9 Å².